The molecule has 0 aliphatic heterocycles. The van der Waals surface area contributed by atoms with Crippen molar-refractivity contribution in [1.29, 1.82) is 0 Å². The van der Waals surface area contributed by atoms with E-state index in [1.54, 1.807) is 18.2 Å². The number of thioether (sulfide) groups is 1. The first-order valence-electron chi connectivity index (χ1n) is 6.78. The molecule has 1 unspecified atom stereocenters. The first-order valence-corrected chi connectivity index (χ1v) is 7.77. The lowest BCUT2D eigenvalue weighted by molar-refractivity contribution is -0.0328. The molecule has 120 valence electrons. The standard InChI is InChI=1S/C15H21F4NS/c1-14(2,3)20-10-11(8-9-21-15(17,18)19)12-6-4-5-7-13(12)16/h4-7,11,20H,8-10H2,1-3H3. The van der Waals surface area contributed by atoms with Gasteiger partial charge in [0.15, 0.2) is 0 Å². The van der Waals surface area contributed by atoms with Gasteiger partial charge in [0.2, 0.25) is 0 Å². The van der Waals surface area contributed by atoms with Crippen molar-refractivity contribution in [1.82, 2.24) is 5.32 Å². The van der Waals surface area contributed by atoms with Gasteiger partial charge in [0, 0.05) is 23.8 Å². The molecule has 0 aliphatic rings. The lowest BCUT2D eigenvalue weighted by Crippen LogP contribution is -2.38. The van der Waals surface area contributed by atoms with Crippen LogP contribution >= 0.6 is 11.8 Å². The summed E-state index contributed by atoms with van der Waals surface area (Å²) >= 11 is -0.0545. The molecule has 0 spiro atoms. The monoisotopic (exact) mass is 323 g/mol. The normalized spacial score (nSPS) is 14.2. The second-order valence-electron chi connectivity index (χ2n) is 5.93. The third kappa shape index (κ3) is 7.71. The Hall–Kier alpha value is -0.750. The molecule has 1 aromatic rings. The van der Waals surface area contributed by atoms with E-state index in [1.165, 1.54) is 6.07 Å². The van der Waals surface area contributed by atoms with Crippen LogP contribution in [0.2, 0.25) is 0 Å². The van der Waals surface area contributed by atoms with E-state index in [0.29, 0.717) is 12.1 Å². The molecular weight excluding hydrogens is 302 g/mol. The topological polar surface area (TPSA) is 12.0 Å². The van der Waals surface area contributed by atoms with E-state index in [1.807, 2.05) is 20.8 Å². The smallest absolute Gasteiger partial charge is 0.311 e. The van der Waals surface area contributed by atoms with Crippen molar-refractivity contribution < 1.29 is 17.6 Å². The van der Waals surface area contributed by atoms with Crippen molar-refractivity contribution in [2.75, 3.05) is 12.3 Å². The van der Waals surface area contributed by atoms with Crippen LogP contribution in [0.4, 0.5) is 17.6 Å². The van der Waals surface area contributed by atoms with Gasteiger partial charge in [-0.15, -0.1) is 0 Å². The van der Waals surface area contributed by atoms with Crippen molar-refractivity contribution in [2.24, 2.45) is 0 Å². The Bertz CT molecular complexity index is 440. The molecular formula is C15H21F4NS. The molecule has 21 heavy (non-hydrogen) atoms. The fraction of sp³-hybridized carbons (Fsp3) is 0.600. The minimum Gasteiger partial charge on any atom is -0.311 e. The lowest BCUT2D eigenvalue weighted by atomic mass is 9.94. The van der Waals surface area contributed by atoms with Crippen LogP contribution in [-0.2, 0) is 0 Å². The number of hydrogen-bond donors (Lipinski definition) is 1. The zero-order valence-electron chi connectivity index (χ0n) is 12.4. The maximum Gasteiger partial charge on any atom is 0.441 e. The molecule has 0 heterocycles. The zero-order chi connectivity index (χ0) is 16.1. The zero-order valence-corrected chi connectivity index (χ0v) is 13.2. The molecule has 1 N–H and O–H groups in total. The van der Waals surface area contributed by atoms with Crippen LogP contribution in [0.15, 0.2) is 24.3 Å². The summed E-state index contributed by atoms with van der Waals surface area (Å²) in [5, 5.41) is 3.24. The molecule has 0 aromatic heterocycles. The Labute approximate surface area is 127 Å². The molecule has 1 nitrogen and oxygen atoms in total. The summed E-state index contributed by atoms with van der Waals surface area (Å²) < 4.78 is 50.6. The number of rotatable bonds is 6. The van der Waals surface area contributed by atoms with E-state index in [-0.39, 0.29) is 41.2 Å². The highest BCUT2D eigenvalue weighted by molar-refractivity contribution is 8.00. The summed E-state index contributed by atoms with van der Waals surface area (Å²) in [5.74, 6) is -0.718. The van der Waals surface area contributed by atoms with Crippen LogP contribution in [-0.4, -0.2) is 23.3 Å². The first kappa shape index (κ1) is 18.3. The van der Waals surface area contributed by atoms with E-state index in [0.717, 1.165) is 0 Å². The minimum absolute atomic E-state index is 0.0545. The van der Waals surface area contributed by atoms with E-state index in [2.05, 4.69) is 5.32 Å². The largest absolute Gasteiger partial charge is 0.441 e. The molecule has 0 saturated carbocycles. The van der Waals surface area contributed by atoms with Gasteiger partial charge >= 0.3 is 5.51 Å². The first-order chi connectivity index (χ1) is 9.58. The second kappa shape index (κ2) is 7.49. The fourth-order valence-electron chi connectivity index (χ4n) is 1.92. The maximum absolute atomic E-state index is 13.9. The molecule has 0 aliphatic carbocycles. The Balaban J connectivity index is 2.73. The van der Waals surface area contributed by atoms with Crippen molar-refractivity contribution in [3.63, 3.8) is 0 Å². The van der Waals surface area contributed by atoms with Gasteiger partial charge in [0.05, 0.1) is 0 Å². The predicted molar refractivity (Wildman–Crippen MR) is 80.0 cm³/mol. The quantitative estimate of drug-likeness (QED) is 0.744. The van der Waals surface area contributed by atoms with Crippen LogP contribution in [0.5, 0.6) is 0 Å². The summed E-state index contributed by atoms with van der Waals surface area (Å²) in [6.45, 7) is 6.35. The lowest BCUT2D eigenvalue weighted by Gasteiger charge is -2.26. The van der Waals surface area contributed by atoms with E-state index < -0.39 is 5.51 Å². The van der Waals surface area contributed by atoms with Gasteiger partial charge in [0.25, 0.3) is 0 Å². The number of nitrogens with one attached hydrogen (secondary N) is 1. The number of halogens is 4. The van der Waals surface area contributed by atoms with Crippen molar-refractivity contribution >= 4 is 11.8 Å². The molecule has 0 saturated heterocycles. The van der Waals surface area contributed by atoms with E-state index in [9.17, 15) is 17.6 Å². The van der Waals surface area contributed by atoms with Crippen LogP contribution in [0, 0.1) is 5.82 Å². The van der Waals surface area contributed by atoms with Crippen molar-refractivity contribution in [2.45, 2.75) is 44.2 Å². The van der Waals surface area contributed by atoms with Crippen LogP contribution < -0.4 is 5.32 Å². The molecule has 0 bridgehead atoms. The third-order valence-electron chi connectivity index (χ3n) is 2.96. The molecule has 1 rings (SSSR count). The van der Waals surface area contributed by atoms with E-state index in [4.69, 9.17) is 0 Å². The second-order valence-corrected chi connectivity index (χ2v) is 7.09. The molecule has 0 radical (unpaired) electrons. The molecule has 1 atom stereocenters. The van der Waals surface area contributed by atoms with Gasteiger partial charge in [-0.05, 0) is 38.8 Å². The molecule has 1 aromatic carbocycles. The van der Waals surface area contributed by atoms with Crippen molar-refractivity contribution in [3.05, 3.63) is 35.6 Å². The Morgan fingerprint density at radius 3 is 2.29 bits per heavy atom. The fourth-order valence-corrected chi connectivity index (χ4v) is 2.55. The Kier molecular flexibility index (Phi) is 6.53. The molecule has 6 heteroatoms. The highest BCUT2D eigenvalue weighted by atomic mass is 32.2. The third-order valence-corrected chi connectivity index (χ3v) is 3.72. The van der Waals surface area contributed by atoms with Gasteiger partial charge in [-0.2, -0.15) is 13.2 Å². The Morgan fingerprint density at radius 2 is 1.76 bits per heavy atom. The van der Waals surface area contributed by atoms with Crippen molar-refractivity contribution in [3.8, 4) is 0 Å². The number of benzene rings is 1. The van der Waals surface area contributed by atoms with Crippen LogP contribution in [0.3, 0.4) is 0 Å². The Morgan fingerprint density at radius 1 is 1.14 bits per heavy atom. The summed E-state index contributed by atoms with van der Waals surface area (Å²) in [6.07, 6.45) is 0.272. The van der Waals surface area contributed by atoms with Crippen LogP contribution in [0.25, 0.3) is 0 Å². The minimum atomic E-state index is -4.24. The SMILES string of the molecule is CC(C)(C)NCC(CCSC(F)(F)F)c1ccccc1F. The number of hydrogen-bond acceptors (Lipinski definition) is 2. The summed E-state index contributed by atoms with van der Waals surface area (Å²) in [6, 6.07) is 6.27. The average Bonchev–Trinajstić information content (AvgIpc) is 2.32. The van der Waals surface area contributed by atoms with Crippen LogP contribution in [0.1, 0.15) is 38.7 Å². The molecule has 0 fully saturated rings. The highest BCUT2D eigenvalue weighted by Crippen LogP contribution is 2.33. The maximum atomic E-state index is 13.9. The van der Waals surface area contributed by atoms with Gasteiger partial charge in [0.1, 0.15) is 5.82 Å². The average molecular weight is 323 g/mol. The summed E-state index contributed by atoms with van der Waals surface area (Å²) in [5.41, 5.74) is -3.94. The predicted octanol–water partition coefficient (Wildman–Crippen LogP) is 4.94. The summed E-state index contributed by atoms with van der Waals surface area (Å²) in [7, 11) is 0. The number of alkyl halides is 3. The highest BCUT2D eigenvalue weighted by Gasteiger charge is 2.28. The van der Waals surface area contributed by atoms with Gasteiger partial charge in [-0.1, -0.05) is 30.0 Å². The van der Waals surface area contributed by atoms with Gasteiger partial charge < -0.3 is 5.32 Å². The van der Waals surface area contributed by atoms with E-state index >= 15 is 0 Å². The molecule has 0 amide bonds. The van der Waals surface area contributed by atoms with Gasteiger partial charge in [-0.25, -0.2) is 4.39 Å². The van der Waals surface area contributed by atoms with Gasteiger partial charge in [-0.3, -0.25) is 0 Å². The summed E-state index contributed by atoms with van der Waals surface area (Å²) in [4.78, 5) is 0.